The van der Waals surface area contributed by atoms with Crippen molar-refractivity contribution < 1.29 is 0 Å². The van der Waals surface area contributed by atoms with Gasteiger partial charge in [-0.3, -0.25) is 0 Å². The van der Waals surface area contributed by atoms with E-state index in [9.17, 15) is 0 Å². The van der Waals surface area contributed by atoms with E-state index in [1.807, 2.05) is 11.3 Å². The molecule has 2 bridgehead atoms. The Morgan fingerprint density at radius 2 is 2.25 bits per heavy atom. The highest BCUT2D eigenvalue weighted by atomic mass is 32.1. The molecule has 2 nitrogen and oxygen atoms in total. The van der Waals surface area contributed by atoms with Crippen LogP contribution in [0.1, 0.15) is 24.0 Å². The quantitative estimate of drug-likeness (QED) is 0.866. The summed E-state index contributed by atoms with van der Waals surface area (Å²) in [7, 11) is 0. The molecule has 1 aromatic heterocycles. The fraction of sp³-hybridized carbons (Fsp3) is 0.692. The number of hydrogen-bond acceptors (Lipinski definition) is 3. The molecule has 3 heterocycles. The third-order valence-electron chi connectivity index (χ3n) is 4.15. The standard InChI is InChI=1S/C13H20N2S/c1-10-8-16-9-12(10)6-14-13-3-5-15-4-2-11(13)7-15/h8-9,11,13-14H,2-7H2,1H3. The first-order chi connectivity index (χ1) is 7.83. The lowest BCUT2D eigenvalue weighted by atomic mass is 9.94. The van der Waals surface area contributed by atoms with Crippen molar-refractivity contribution in [2.24, 2.45) is 5.92 Å². The van der Waals surface area contributed by atoms with E-state index in [-0.39, 0.29) is 0 Å². The van der Waals surface area contributed by atoms with Crippen molar-refractivity contribution in [1.82, 2.24) is 10.2 Å². The second-order valence-corrected chi connectivity index (χ2v) is 5.95. The van der Waals surface area contributed by atoms with Gasteiger partial charge in [-0.05, 0) is 60.7 Å². The lowest BCUT2D eigenvalue weighted by molar-refractivity contribution is 0.220. The molecule has 0 aromatic carbocycles. The number of fused-ring (bicyclic) bond motifs is 2. The summed E-state index contributed by atoms with van der Waals surface area (Å²) in [6.07, 6.45) is 2.74. The van der Waals surface area contributed by atoms with Gasteiger partial charge in [0.2, 0.25) is 0 Å². The minimum absolute atomic E-state index is 0.762. The summed E-state index contributed by atoms with van der Waals surface area (Å²) < 4.78 is 0. The first-order valence-corrected chi connectivity index (χ1v) is 7.24. The van der Waals surface area contributed by atoms with Crippen LogP contribution < -0.4 is 5.32 Å². The molecule has 0 saturated carbocycles. The summed E-state index contributed by atoms with van der Waals surface area (Å²) in [5, 5.41) is 8.30. The second-order valence-electron chi connectivity index (χ2n) is 5.21. The van der Waals surface area contributed by atoms with E-state index in [4.69, 9.17) is 0 Å². The third-order valence-corrected chi connectivity index (χ3v) is 5.06. The van der Waals surface area contributed by atoms with Gasteiger partial charge in [0, 0.05) is 19.1 Å². The van der Waals surface area contributed by atoms with E-state index in [0.717, 1.165) is 18.5 Å². The highest BCUT2D eigenvalue weighted by Crippen LogP contribution is 2.27. The molecule has 3 heteroatoms. The molecule has 2 saturated heterocycles. The van der Waals surface area contributed by atoms with Gasteiger partial charge in [-0.25, -0.2) is 0 Å². The van der Waals surface area contributed by atoms with Gasteiger partial charge in [0.05, 0.1) is 0 Å². The summed E-state index contributed by atoms with van der Waals surface area (Å²) >= 11 is 1.82. The van der Waals surface area contributed by atoms with Crippen LogP contribution in [0.3, 0.4) is 0 Å². The summed E-state index contributed by atoms with van der Waals surface area (Å²) in [5.74, 6) is 0.910. The molecule has 0 amide bonds. The van der Waals surface area contributed by atoms with Crippen LogP contribution in [0.4, 0.5) is 0 Å². The Hall–Kier alpha value is -0.380. The molecular formula is C13H20N2S. The Morgan fingerprint density at radius 1 is 1.38 bits per heavy atom. The number of aryl methyl sites for hydroxylation is 1. The van der Waals surface area contributed by atoms with E-state index in [2.05, 4.69) is 27.9 Å². The molecule has 3 unspecified atom stereocenters. The van der Waals surface area contributed by atoms with Crippen molar-refractivity contribution in [2.75, 3.05) is 19.6 Å². The zero-order valence-electron chi connectivity index (χ0n) is 9.91. The fourth-order valence-corrected chi connectivity index (χ4v) is 3.89. The minimum Gasteiger partial charge on any atom is -0.310 e. The van der Waals surface area contributed by atoms with Crippen LogP contribution in [0.5, 0.6) is 0 Å². The molecule has 1 aromatic rings. The van der Waals surface area contributed by atoms with E-state index in [0.29, 0.717) is 0 Å². The molecule has 0 aliphatic carbocycles. The van der Waals surface area contributed by atoms with E-state index in [1.165, 1.54) is 43.6 Å². The highest BCUT2D eigenvalue weighted by Gasteiger charge is 2.33. The van der Waals surface area contributed by atoms with Gasteiger partial charge in [-0.15, -0.1) is 0 Å². The number of hydrogen-bond donors (Lipinski definition) is 1. The van der Waals surface area contributed by atoms with Crippen molar-refractivity contribution >= 4 is 11.3 Å². The van der Waals surface area contributed by atoms with Crippen molar-refractivity contribution in [3.63, 3.8) is 0 Å². The molecule has 88 valence electrons. The smallest absolute Gasteiger partial charge is 0.0219 e. The Morgan fingerprint density at radius 3 is 3.06 bits per heavy atom. The second kappa shape index (κ2) is 4.47. The minimum atomic E-state index is 0.762. The van der Waals surface area contributed by atoms with Crippen LogP contribution in [0, 0.1) is 12.8 Å². The van der Waals surface area contributed by atoms with Crippen molar-refractivity contribution in [3.05, 3.63) is 21.9 Å². The maximum absolute atomic E-state index is 3.77. The lowest BCUT2D eigenvalue weighted by Gasteiger charge is -2.31. The largest absolute Gasteiger partial charge is 0.310 e. The molecule has 3 atom stereocenters. The van der Waals surface area contributed by atoms with E-state index >= 15 is 0 Å². The Bertz CT molecular complexity index is 361. The molecule has 1 N–H and O–H groups in total. The number of nitrogens with zero attached hydrogens (tertiary/aromatic N) is 1. The monoisotopic (exact) mass is 236 g/mol. The summed E-state index contributed by atoms with van der Waals surface area (Å²) in [4.78, 5) is 2.61. The summed E-state index contributed by atoms with van der Waals surface area (Å²) in [6.45, 7) is 7.25. The van der Waals surface area contributed by atoms with Gasteiger partial charge < -0.3 is 10.2 Å². The fourth-order valence-electron chi connectivity index (χ4n) is 3.03. The van der Waals surface area contributed by atoms with Crippen molar-refractivity contribution in [3.8, 4) is 0 Å². The maximum Gasteiger partial charge on any atom is 0.0219 e. The SMILES string of the molecule is Cc1cscc1CNC1CCN2CCC1C2. The molecule has 16 heavy (non-hydrogen) atoms. The molecule has 0 spiro atoms. The number of piperidine rings is 1. The van der Waals surface area contributed by atoms with Gasteiger partial charge in [-0.2, -0.15) is 11.3 Å². The summed E-state index contributed by atoms with van der Waals surface area (Å²) in [6, 6.07) is 0.762. The predicted octanol–water partition coefficient (Wildman–Crippen LogP) is 2.24. The van der Waals surface area contributed by atoms with Gasteiger partial charge in [0.1, 0.15) is 0 Å². The number of rotatable bonds is 3. The van der Waals surface area contributed by atoms with Gasteiger partial charge in [0.15, 0.2) is 0 Å². The van der Waals surface area contributed by atoms with Crippen LogP contribution in [-0.4, -0.2) is 30.6 Å². The molecule has 2 aliphatic heterocycles. The van der Waals surface area contributed by atoms with Crippen LogP contribution in [0.2, 0.25) is 0 Å². The maximum atomic E-state index is 3.77. The molecular weight excluding hydrogens is 216 g/mol. The topological polar surface area (TPSA) is 15.3 Å². The number of nitrogens with one attached hydrogen (secondary N) is 1. The summed E-state index contributed by atoms with van der Waals surface area (Å²) in [5.41, 5.74) is 2.94. The van der Waals surface area contributed by atoms with Crippen LogP contribution in [0.25, 0.3) is 0 Å². The molecule has 0 radical (unpaired) electrons. The van der Waals surface area contributed by atoms with Gasteiger partial charge in [-0.1, -0.05) is 0 Å². The van der Waals surface area contributed by atoms with Crippen LogP contribution >= 0.6 is 11.3 Å². The highest BCUT2D eigenvalue weighted by molar-refractivity contribution is 7.08. The van der Waals surface area contributed by atoms with E-state index < -0.39 is 0 Å². The molecule has 2 fully saturated rings. The normalized spacial score (nSPS) is 33.2. The average molecular weight is 236 g/mol. The van der Waals surface area contributed by atoms with Gasteiger partial charge in [0.25, 0.3) is 0 Å². The first kappa shape index (κ1) is 10.8. The van der Waals surface area contributed by atoms with Crippen LogP contribution in [-0.2, 0) is 6.54 Å². The lowest BCUT2D eigenvalue weighted by Crippen LogP contribution is -2.43. The third kappa shape index (κ3) is 2.04. The predicted molar refractivity (Wildman–Crippen MR) is 68.8 cm³/mol. The number of thiophene rings is 1. The Balaban J connectivity index is 1.57. The Labute approximate surface area is 102 Å². The van der Waals surface area contributed by atoms with E-state index in [1.54, 1.807) is 0 Å². The molecule has 3 rings (SSSR count). The zero-order valence-corrected chi connectivity index (χ0v) is 10.7. The van der Waals surface area contributed by atoms with Gasteiger partial charge >= 0.3 is 0 Å². The average Bonchev–Trinajstić information content (AvgIpc) is 2.86. The van der Waals surface area contributed by atoms with Crippen molar-refractivity contribution in [2.45, 2.75) is 32.4 Å². The molecule has 2 aliphatic rings. The Kier molecular flexibility index (Phi) is 3.01. The van der Waals surface area contributed by atoms with Crippen molar-refractivity contribution in [1.29, 1.82) is 0 Å². The zero-order chi connectivity index (χ0) is 11.0. The van der Waals surface area contributed by atoms with Crippen LogP contribution in [0.15, 0.2) is 10.8 Å². The first-order valence-electron chi connectivity index (χ1n) is 6.30.